The summed E-state index contributed by atoms with van der Waals surface area (Å²) in [6, 6.07) is 7.84. The van der Waals surface area contributed by atoms with E-state index in [4.69, 9.17) is 10.5 Å². The van der Waals surface area contributed by atoms with Crippen molar-refractivity contribution < 1.29 is 9.53 Å². The molecule has 0 aliphatic rings. The number of ether oxygens (including phenoxy) is 1. The number of benzene rings is 1. The Hall–Kier alpha value is -1.39. The van der Waals surface area contributed by atoms with Gasteiger partial charge in [-0.15, -0.1) is 0 Å². The number of amides is 1. The molecule has 0 heterocycles. The molecule has 1 atom stereocenters. The zero-order valence-electron chi connectivity index (χ0n) is 12.7. The van der Waals surface area contributed by atoms with Crippen LogP contribution in [-0.2, 0) is 22.5 Å². The number of hydrogen-bond donors (Lipinski definition) is 2. The predicted octanol–water partition coefficient (Wildman–Crippen LogP) is 1.87. The minimum Gasteiger partial charge on any atom is -0.380 e. The predicted molar refractivity (Wildman–Crippen MR) is 81.3 cm³/mol. The summed E-state index contributed by atoms with van der Waals surface area (Å²) in [5.41, 5.74) is 7.70. The van der Waals surface area contributed by atoms with Crippen molar-refractivity contribution >= 4 is 5.91 Å². The third-order valence-electron chi connectivity index (χ3n) is 3.34. The van der Waals surface area contributed by atoms with Crippen molar-refractivity contribution in [2.75, 3.05) is 13.2 Å². The molecule has 4 heteroatoms. The largest absolute Gasteiger partial charge is 0.380 e. The molecule has 0 aliphatic heterocycles. The lowest BCUT2D eigenvalue weighted by Gasteiger charge is -2.22. The van der Waals surface area contributed by atoms with E-state index in [1.807, 2.05) is 31.2 Å². The van der Waals surface area contributed by atoms with E-state index in [1.54, 1.807) is 0 Å². The molecule has 0 aliphatic carbocycles. The fourth-order valence-electron chi connectivity index (χ4n) is 2.01. The molecule has 0 saturated heterocycles. The van der Waals surface area contributed by atoms with Crippen molar-refractivity contribution in [3.8, 4) is 0 Å². The van der Waals surface area contributed by atoms with Gasteiger partial charge in [0.15, 0.2) is 0 Å². The quantitative estimate of drug-likeness (QED) is 0.763. The average molecular weight is 278 g/mol. The third-order valence-corrected chi connectivity index (χ3v) is 3.34. The van der Waals surface area contributed by atoms with E-state index in [9.17, 15) is 4.79 Å². The molecule has 0 saturated carbocycles. The first kappa shape index (κ1) is 16.7. The number of carbonyl (C=O) groups is 1. The van der Waals surface area contributed by atoms with Gasteiger partial charge in [-0.3, -0.25) is 4.79 Å². The second-order valence-corrected chi connectivity index (χ2v) is 5.23. The molecule has 0 spiro atoms. The van der Waals surface area contributed by atoms with Gasteiger partial charge in [0.05, 0.1) is 19.1 Å². The highest BCUT2D eigenvalue weighted by molar-refractivity contribution is 5.79. The van der Waals surface area contributed by atoms with Gasteiger partial charge in [0, 0.05) is 13.2 Å². The molecule has 0 aromatic heterocycles. The summed E-state index contributed by atoms with van der Waals surface area (Å²) in [6.45, 7) is 7.79. The first-order valence-electron chi connectivity index (χ1n) is 7.22. The van der Waals surface area contributed by atoms with E-state index in [1.165, 1.54) is 0 Å². The molecule has 3 N–H and O–H groups in total. The zero-order valence-corrected chi connectivity index (χ0v) is 12.7. The SMILES string of the molecule is CCOCC(NC(=O)Cc1ccccc1CN)C(C)C. The molecule has 1 amide bonds. The Kier molecular flexibility index (Phi) is 7.26. The van der Waals surface area contributed by atoms with Crippen molar-refractivity contribution in [1.82, 2.24) is 5.32 Å². The summed E-state index contributed by atoms with van der Waals surface area (Å²) in [6.07, 6.45) is 0.364. The monoisotopic (exact) mass is 278 g/mol. The summed E-state index contributed by atoms with van der Waals surface area (Å²) in [4.78, 5) is 12.2. The van der Waals surface area contributed by atoms with E-state index in [0.29, 0.717) is 32.1 Å². The highest BCUT2D eigenvalue weighted by Gasteiger charge is 2.17. The normalized spacial score (nSPS) is 12.4. The minimum absolute atomic E-state index is 0.0179. The second kappa shape index (κ2) is 8.72. The van der Waals surface area contributed by atoms with Crippen molar-refractivity contribution in [3.63, 3.8) is 0 Å². The third kappa shape index (κ3) is 5.31. The van der Waals surface area contributed by atoms with E-state index < -0.39 is 0 Å². The number of hydrogen-bond acceptors (Lipinski definition) is 3. The van der Waals surface area contributed by atoms with Crippen LogP contribution < -0.4 is 11.1 Å². The van der Waals surface area contributed by atoms with Gasteiger partial charge in [0.1, 0.15) is 0 Å². The molecule has 4 nitrogen and oxygen atoms in total. The van der Waals surface area contributed by atoms with Gasteiger partial charge in [-0.05, 0) is 24.0 Å². The molecule has 1 aromatic carbocycles. The minimum atomic E-state index is 0.0179. The standard InChI is InChI=1S/C16H26N2O2/c1-4-20-11-15(12(2)3)18-16(19)9-13-7-5-6-8-14(13)10-17/h5-8,12,15H,4,9-11,17H2,1-3H3,(H,18,19). The van der Waals surface area contributed by atoms with Crippen LogP contribution in [-0.4, -0.2) is 25.2 Å². The maximum atomic E-state index is 12.2. The van der Waals surface area contributed by atoms with Gasteiger partial charge >= 0.3 is 0 Å². The first-order chi connectivity index (χ1) is 9.58. The number of nitrogens with two attached hydrogens (primary N) is 1. The van der Waals surface area contributed by atoms with Gasteiger partial charge in [-0.2, -0.15) is 0 Å². The second-order valence-electron chi connectivity index (χ2n) is 5.23. The van der Waals surface area contributed by atoms with Gasteiger partial charge in [0.2, 0.25) is 5.91 Å². The van der Waals surface area contributed by atoms with Gasteiger partial charge in [0.25, 0.3) is 0 Å². The smallest absolute Gasteiger partial charge is 0.224 e. The van der Waals surface area contributed by atoms with E-state index in [0.717, 1.165) is 11.1 Å². The average Bonchev–Trinajstić information content (AvgIpc) is 2.43. The van der Waals surface area contributed by atoms with Crippen molar-refractivity contribution in [2.24, 2.45) is 11.7 Å². The lowest BCUT2D eigenvalue weighted by molar-refractivity contribution is -0.122. The van der Waals surface area contributed by atoms with Crippen LogP contribution in [0.1, 0.15) is 31.9 Å². The van der Waals surface area contributed by atoms with Gasteiger partial charge in [-0.25, -0.2) is 0 Å². The molecule has 0 fully saturated rings. The van der Waals surface area contributed by atoms with Crippen LogP contribution in [0.2, 0.25) is 0 Å². The summed E-state index contributed by atoms with van der Waals surface area (Å²) < 4.78 is 5.42. The molecule has 0 radical (unpaired) electrons. The van der Waals surface area contributed by atoms with Crippen molar-refractivity contribution in [2.45, 2.75) is 39.8 Å². The zero-order chi connectivity index (χ0) is 15.0. The maximum Gasteiger partial charge on any atom is 0.224 e. The molecule has 20 heavy (non-hydrogen) atoms. The van der Waals surface area contributed by atoms with E-state index in [2.05, 4.69) is 19.2 Å². The van der Waals surface area contributed by atoms with Crippen molar-refractivity contribution in [3.05, 3.63) is 35.4 Å². The van der Waals surface area contributed by atoms with Gasteiger partial charge < -0.3 is 15.8 Å². The van der Waals surface area contributed by atoms with Crippen molar-refractivity contribution in [1.29, 1.82) is 0 Å². The summed E-state index contributed by atoms with van der Waals surface area (Å²) in [7, 11) is 0. The fourth-order valence-corrected chi connectivity index (χ4v) is 2.01. The first-order valence-corrected chi connectivity index (χ1v) is 7.22. The summed E-state index contributed by atoms with van der Waals surface area (Å²) in [5, 5.41) is 3.05. The molecular weight excluding hydrogens is 252 g/mol. The Labute approximate surface area is 121 Å². The molecule has 1 aromatic rings. The lowest BCUT2D eigenvalue weighted by Crippen LogP contribution is -2.42. The Balaban J connectivity index is 2.61. The summed E-state index contributed by atoms with van der Waals surface area (Å²) >= 11 is 0. The Bertz CT molecular complexity index is 419. The molecule has 1 rings (SSSR count). The van der Waals surface area contributed by atoms with Crippen LogP contribution in [0.4, 0.5) is 0 Å². The van der Waals surface area contributed by atoms with Crippen LogP contribution in [0, 0.1) is 5.92 Å². The van der Waals surface area contributed by atoms with Crippen LogP contribution in [0.25, 0.3) is 0 Å². The number of nitrogens with one attached hydrogen (secondary N) is 1. The van der Waals surface area contributed by atoms with E-state index >= 15 is 0 Å². The summed E-state index contributed by atoms with van der Waals surface area (Å²) in [5.74, 6) is 0.361. The lowest BCUT2D eigenvalue weighted by atomic mass is 10.0. The molecule has 112 valence electrons. The molecular formula is C16H26N2O2. The molecule has 0 bridgehead atoms. The fraction of sp³-hybridized carbons (Fsp3) is 0.562. The Morgan fingerprint density at radius 2 is 1.95 bits per heavy atom. The van der Waals surface area contributed by atoms with Crippen LogP contribution in [0.15, 0.2) is 24.3 Å². The topological polar surface area (TPSA) is 64.3 Å². The van der Waals surface area contributed by atoms with Crippen LogP contribution in [0.5, 0.6) is 0 Å². The molecule has 1 unspecified atom stereocenters. The number of rotatable bonds is 8. The van der Waals surface area contributed by atoms with E-state index in [-0.39, 0.29) is 11.9 Å². The highest BCUT2D eigenvalue weighted by Crippen LogP contribution is 2.09. The van der Waals surface area contributed by atoms with Gasteiger partial charge in [-0.1, -0.05) is 38.1 Å². The highest BCUT2D eigenvalue weighted by atomic mass is 16.5. The van der Waals surface area contributed by atoms with Crippen LogP contribution >= 0.6 is 0 Å². The Morgan fingerprint density at radius 3 is 2.50 bits per heavy atom. The number of carbonyl (C=O) groups excluding carboxylic acids is 1. The Morgan fingerprint density at radius 1 is 1.30 bits per heavy atom. The van der Waals surface area contributed by atoms with Crippen LogP contribution in [0.3, 0.4) is 0 Å². The maximum absolute atomic E-state index is 12.2.